The molecule has 0 aliphatic carbocycles. The highest BCUT2D eigenvalue weighted by atomic mass is 35.5. The predicted octanol–water partition coefficient (Wildman–Crippen LogP) is 1.88. The van der Waals surface area contributed by atoms with Crippen LogP contribution in [-0.4, -0.2) is 37.9 Å². The lowest BCUT2D eigenvalue weighted by atomic mass is 9.92. The Hall–Kier alpha value is 0.120. The Kier molecular flexibility index (Phi) is 8.59. The summed E-state index contributed by atoms with van der Waals surface area (Å²) in [7, 11) is -3.42. The van der Waals surface area contributed by atoms with Crippen molar-refractivity contribution in [3.8, 4) is 0 Å². The van der Waals surface area contributed by atoms with Crippen molar-refractivity contribution in [1.82, 2.24) is 9.03 Å². The summed E-state index contributed by atoms with van der Waals surface area (Å²) in [4.78, 5) is 0. The van der Waals surface area contributed by atoms with E-state index in [1.54, 1.807) is 4.31 Å². The molecule has 0 spiro atoms. The summed E-state index contributed by atoms with van der Waals surface area (Å²) < 4.78 is 29.3. The SMILES string of the molecule is CC(C)CC(C)(CN)NS(=O)(=O)N1CCCCCC1.Cl. The Balaban J connectivity index is 0.00000361. The summed E-state index contributed by atoms with van der Waals surface area (Å²) in [6.07, 6.45) is 4.88. The zero-order valence-electron chi connectivity index (χ0n) is 12.9. The van der Waals surface area contributed by atoms with E-state index in [1.165, 1.54) is 0 Å². The molecule has 0 aromatic heterocycles. The molecular formula is C13H30ClN3O2S. The van der Waals surface area contributed by atoms with Crippen LogP contribution in [0.3, 0.4) is 0 Å². The van der Waals surface area contributed by atoms with Crippen LogP contribution in [0.4, 0.5) is 0 Å². The summed E-state index contributed by atoms with van der Waals surface area (Å²) in [5.74, 6) is 0.403. The van der Waals surface area contributed by atoms with Crippen molar-refractivity contribution in [2.75, 3.05) is 19.6 Å². The van der Waals surface area contributed by atoms with Crippen molar-refractivity contribution in [1.29, 1.82) is 0 Å². The first-order valence-electron chi connectivity index (χ1n) is 7.28. The third-order valence-electron chi connectivity index (χ3n) is 3.59. The number of nitrogens with zero attached hydrogens (tertiary/aromatic N) is 1. The number of nitrogens with two attached hydrogens (primary N) is 1. The minimum absolute atomic E-state index is 0. The zero-order chi connectivity index (χ0) is 14.5. The van der Waals surface area contributed by atoms with Crippen molar-refractivity contribution in [3.63, 3.8) is 0 Å². The molecule has 1 aliphatic rings. The number of hydrogen-bond acceptors (Lipinski definition) is 3. The molecule has 1 aliphatic heterocycles. The summed E-state index contributed by atoms with van der Waals surface area (Å²) in [6.45, 7) is 7.61. The highest BCUT2D eigenvalue weighted by molar-refractivity contribution is 7.87. The van der Waals surface area contributed by atoms with Gasteiger partial charge in [-0.1, -0.05) is 26.7 Å². The van der Waals surface area contributed by atoms with E-state index < -0.39 is 15.7 Å². The van der Waals surface area contributed by atoms with Crippen molar-refractivity contribution in [3.05, 3.63) is 0 Å². The fourth-order valence-corrected chi connectivity index (χ4v) is 4.38. The fraction of sp³-hybridized carbons (Fsp3) is 1.00. The summed E-state index contributed by atoms with van der Waals surface area (Å²) >= 11 is 0. The third kappa shape index (κ3) is 6.26. The van der Waals surface area contributed by atoms with E-state index in [0.29, 0.717) is 25.6 Å². The fourth-order valence-electron chi connectivity index (χ4n) is 2.73. The normalized spacial score (nSPS) is 21.1. The van der Waals surface area contributed by atoms with E-state index in [-0.39, 0.29) is 12.4 Å². The van der Waals surface area contributed by atoms with Gasteiger partial charge in [0.25, 0.3) is 10.2 Å². The molecule has 0 aromatic rings. The molecule has 3 N–H and O–H groups in total. The second kappa shape index (κ2) is 8.54. The van der Waals surface area contributed by atoms with Crippen LogP contribution < -0.4 is 10.5 Å². The highest BCUT2D eigenvalue weighted by Crippen LogP contribution is 2.19. The summed E-state index contributed by atoms with van der Waals surface area (Å²) in [5, 5.41) is 0. The lowest BCUT2D eigenvalue weighted by Gasteiger charge is -2.33. The van der Waals surface area contributed by atoms with Gasteiger partial charge in [0.05, 0.1) is 0 Å². The second-order valence-corrected chi connectivity index (χ2v) is 7.95. The molecule has 5 nitrogen and oxygen atoms in total. The van der Waals surface area contributed by atoms with Crippen LogP contribution in [0.1, 0.15) is 52.9 Å². The van der Waals surface area contributed by atoms with Crippen molar-refractivity contribution in [2.45, 2.75) is 58.4 Å². The molecule has 7 heteroatoms. The lowest BCUT2D eigenvalue weighted by molar-refractivity contribution is 0.326. The van der Waals surface area contributed by atoms with E-state index in [4.69, 9.17) is 5.73 Å². The van der Waals surface area contributed by atoms with E-state index >= 15 is 0 Å². The van der Waals surface area contributed by atoms with Crippen LogP contribution in [0.5, 0.6) is 0 Å². The minimum Gasteiger partial charge on any atom is -0.329 e. The van der Waals surface area contributed by atoms with Gasteiger partial charge in [0.15, 0.2) is 0 Å². The van der Waals surface area contributed by atoms with Gasteiger partial charge in [-0.05, 0) is 32.1 Å². The van der Waals surface area contributed by atoms with Gasteiger partial charge >= 0.3 is 0 Å². The molecule has 122 valence electrons. The molecular weight excluding hydrogens is 298 g/mol. The van der Waals surface area contributed by atoms with Gasteiger partial charge in [-0.25, -0.2) is 0 Å². The van der Waals surface area contributed by atoms with Gasteiger partial charge in [-0.15, -0.1) is 12.4 Å². The van der Waals surface area contributed by atoms with Crippen LogP contribution in [0.15, 0.2) is 0 Å². The highest BCUT2D eigenvalue weighted by Gasteiger charge is 2.32. The molecule has 0 aromatic carbocycles. The number of nitrogens with one attached hydrogen (secondary N) is 1. The molecule has 0 saturated carbocycles. The molecule has 1 saturated heterocycles. The first kappa shape index (κ1) is 20.1. The molecule has 0 bridgehead atoms. The molecule has 1 fully saturated rings. The molecule has 0 radical (unpaired) electrons. The quantitative estimate of drug-likeness (QED) is 0.782. The van der Waals surface area contributed by atoms with E-state index in [2.05, 4.69) is 18.6 Å². The second-order valence-electron chi connectivity index (χ2n) is 6.28. The van der Waals surface area contributed by atoms with Crippen molar-refractivity contribution >= 4 is 22.6 Å². The average molecular weight is 328 g/mol. The molecule has 0 amide bonds. The Morgan fingerprint density at radius 1 is 1.20 bits per heavy atom. The Morgan fingerprint density at radius 3 is 2.10 bits per heavy atom. The number of rotatable bonds is 6. The molecule has 1 atom stereocenters. The van der Waals surface area contributed by atoms with Crippen molar-refractivity contribution in [2.24, 2.45) is 11.7 Å². The molecule has 1 unspecified atom stereocenters. The Bertz CT molecular complexity index is 368. The van der Waals surface area contributed by atoms with E-state index in [0.717, 1.165) is 32.1 Å². The number of hydrogen-bond donors (Lipinski definition) is 2. The molecule has 20 heavy (non-hydrogen) atoms. The smallest absolute Gasteiger partial charge is 0.279 e. The van der Waals surface area contributed by atoms with Gasteiger partial charge in [-0.3, -0.25) is 0 Å². The van der Waals surface area contributed by atoms with Gasteiger partial charge in [0.2, 0.25) is 0 Å². The average Bonchev–Trinajstić information content (AvgIpc) is 2.56. The molecule has 1 rings (SSSR count). The zero-order valence-corrected chi connectivity index (χ0v) is 14.5. The topological polar surface area (TPSA) is 75.4 Å². The van der Waals surface area contributed by atoms with Gasteiger partial charge in [0.1, 0.15) is 0 Å². The van der Waals surface area contributed by atoms with Crippen LogP contribution in [0.2, 0.25) is 0 Å². The van der Waals surface area contributed by atoms with Crippen molar-refractivity contribution < 1.29 is 8.42 Å². The predicted molar refractivity (Wildman–Crippen MR) is 86.3 cm³/mol. The monoisotopic (exact) mass is 327 g/mol. The van der Waals surface area contributed by atoms with Crippen LogP contribution in [0.25, 0.3) is 0 Å². The number of halogens is 1. The van der Waals surface area contributed by atoms with Crippen LogP contribution in [-0.2, 0) is 10.2 Å². The first-order valence-corrected chi connectivity index (χ1v) is 8.72. The maximum Gasteiger partial charge on any atom is 0.279 e. The Morgan fingerprint density at radius 2 is 1.70 bits per heavy atom. The van der Waals surface area contributed by atoms with Gasteiger partial charge in [0, 0.05) is 25.2 Å². The maximum absolute atomic E-state index is 12.5. The standard InChI is InChI=1S/C13H29N3O2S.ClH/c1-12(2)10-13(3,11-14)15-19(17,18)16-8-6-4-5-7-9-16;/h12,15H,4-11,14H2,1-3H3;1H. The molecule has 1 heterocycles. The van der Waals surface area contributed by atoms with Gasteiger partial charge < -0.3 is 5.73 Å². The van der Waals surface area contributed by atoms with Crippen LogP contribution in [0, 0.1) is 5.92 Å². The third-order valence-corrected chi connectivity index (χ3v) is 5.39. The lowest BCUT2D eigenvalue weighted by Crippen LogP contribution is -2.56. The minimum atomic E-state index is -3.42. The van der Waals surface area contributed by atoms with E-state index in [1.807, 2.05) is 6.92 Å². The summed E-state index contributed by atoms with van der Waals surface area (Å²) in [6, 6.07) is 0. The Labute approximate surface area is 130 Å². The van der Waals surface area contributed by atoms with Gasteiger partial charge in [-0.2, -0.15) is 17.4 Å². The van der Waals surface area contributed by atoms with Crippen LogP contribution >= 0.6 is 12.4 Å². The summed E-state index contributed by atoms with van der Waals surface area (Å²) in [5.41, 5.74) is 5.22. The first-order chi connectivity index (χ1) is 8.79. The largest absolute Gasteiger partial charge is 0.329 e. The maximum atomic E-state index is 12.5. The van der Waals surface area contributed by atoms with E-state index in [9.17, 15) is 8.42 Å².